The summed E-state index contributed by atoms with van der Waals surface area (Å²) in [5, 5.41) is 11.7. The molecule has 0 radical (unpaired) electrons. The maximum atomic E-state index is 10.5. The lowest BCUT2D eigenvalue weighted by Crippen LogP contribution is -2.29. The first-order valence-corrected chi connectivity index (χ1v) is 6.09. The van der Waals surface area contributed by atoms with Crippen molar-refractivity contribution >= 4 is 28.9 Å². The number of rotatable bonds is 3. The van der Waals surface area contributed by atoms with Crippen molar-refractivity contribution < 1.29 is 9.90 Å². The van der Waals surface area contributed by atoms with E-state index in [4.69, 9.17) is 16.7 Å². The van der Waals surface area contributed by atoms with Crippen LogP contribution in [0.2, 0.25) is 4.34 Å². The SMILES string of the molecule is O=C(O)CNC1CCCc2sc(Cl)cc21. The average molecular weight is 246 g/mol. The van der Waals surface area contributed by atoms with Gasteiger partial charge in [-0.25, -0.2) is 0 Å². The summed E-state index contributed by atoms with van der Waals surface area (Å²) in [6.45, 7) is 0.0115. The van der Waals surface area contributed by atoms with Gasteiger partial charge in [0.2, 0.25) is 0 Å². The lowest BCUT2D eigenvalue weighted by Gasteiger charge is -2.22. The molecule has 1 aromatic rings. The van der Waals surface area contributed by atoms with E-state index in [9.17, 15) is 4.79 Å². The number of fused-ring (bicyclic) bond motifs is 1. The molecule has 1 aliphatic carbocycles. The summed E-state index contributed by atoms with van der Waals surface area (Å²) in [5.41, 5.74) is 1.19. The highest BCUT2D eigenvalue weighted by atomic mass is 35.5. The lowest BCUT2D eigenvalue weighted by atomic mass is 9.94. The van der Waals surface area contributed by atoms with Gasteiger partial charge in [-0.05, 0) is 30.9 Å². The molecule has 1 heterocycles. The van der Waals surface area contributed by atoms with Crippen molar-refractivity contribution in [1.82, 2.24) is 5.32 Å². The topological polar surface area (TPSA) is 49.3 Å². The molecule has 0 bridgehead atoms. The number of thiophene rings is 1. The fourth-order valence-electron chi connectivity index (χ4n) is 1.94. The Hall–Kier alpha value is -0.580. The highest BCUT2D eigenvalue weighted by Crippen LogP contribution is 2.37. The van der Waals surface area contributed by atoms with Crippen LogP contribution >= 0.6 is 22.9 Å². The Morgan fingerprint density at radius 2 is 2.53 bits per heavy atom. The molecule has 0 spiro atoms. The lowest BCUT2D eigenvalue weighted by molar-refractivity contribution is -0.136. The number of hydrogen-bond donors (Lipinski definition) is 2. The molecule has 2 rings (SSSR count). The minimum absolute atomic E-state index is 0.0115. The van der Waals surface area contributed by atoms with Gasteiger partial charge in [0.25, 0.3) is 0 Å². The summed E-state index contributed by atoms with van der Waals surface area (Å²) >= 11 is 7.56. The van der Waals surface area contributed by atoms with Crippen LogP contribution in [0.3, 0.4) is 0 Å². The van der Waals surface area contributed by atoms with Gasteiger partial charge >= 0.3 is 5.97 Å². The van der Waals surface area contributed by atoms with Crippen molar-refractivity contribution in [3.63, 3.8) is 0 Å². The molecule has 1 aliphatic rings. The van der Waals surface area contributed by atoms with E-state index < -0.39 is 5.97 Å². The normalized spacial score (nSPS) is 19.9. The Balaban J connectivity index is 2.11. The van der Waals surface area contributed by atoms with Crippen LogP contribution in [-0.2, 0) is 11.2 Å². The fraction of sp³-hybridized carbons (Fsp3) is 0.500. The molecular weight excluding hydrogens is 234 g/mol. The summed E-state index contributed by atoms with van der Waals surface area (Å²) in [7, 11) is 0. The van der Waals surface area contributed by atoms with E-state index in [0.29, 0.717) is 0 Å². The van der Waals surface area contributed by atoms with Crippen molar-refractivity contribution in [1.29, 1.82) is 0 Å². The van der Waals surface area contributed by atoms with Gasteiger partial charge in [0, 0.05) is 10.9 Å². The molecule has 15 heavy (non-hydrogen) atoms. The number of halogens is 1. The van der Waals surface area contributed by atoms with Crippen LogP contribution in [0.15, 0.2) is 6.07 Å². The second-order valence-corrected chi connectivity index (χ2v) is 5.42. The highest BCUT2D eigenvalue weighted by molar-refractivity contribution is 7.16. The van der Waals surface area contributed by atoms with Crippen molar-refractivity contribution in [2.75, 3.05) is 6.54 Å². The average Bonchev–Trinajstić information content (AvgIpc) is 2.55. The molecule has 1 atom stereocenters. The molecule has 0 aliphatic heterocycles. The van der Waals surface area contributed by atoms with E-state index in [1.54, 1.807) is 11.3 Å². The summed E-state index contributed by atoms with van der Waals surface area (Å²) in [5.74, 6) is -0.816. The van der Waals surface area contributed by atoms with E-state index in [1.807, 2.05) is 6.07 Å². The number of carboxylic acid groups (broad SMARTS) is 1. The van der Waals surface area contributed by atoms with Crippen molar-refractivity contribution in [3.05, 3.63) is 20.8 Å². The predicted octanol–water partition coefficient (Wildman–Crippen LogP) is 2.45. The van der Waals surface area contributed by atoms with Crippen LogP contribution in [0, 0.1) is 0 Å². The van der Waals surface area contributed by atoms with Crippen LogP contribution in [-0.4, -0.2) is 17.6 Å². The van der Waals surface area contributed by atoms with Crippen molar-refractivity contribution in [2.45, 2.75) is 25.3 Å². The van der Waals surface area contributed by atoms with Crippen molar-refractivity contribution in [2.24, 2.45) is 0 Å². The van der Waals surface area contributed by atoms with E-state index in [2.05, 4.69) is 5.32 Å². The molecule has 2 N–H and O–H groups in total. The molecule has 5 heteroatoms. The number of carbonyl (C=O) groups is 1. The molecule has 0 saturated carbocycles. The second kappa shape index (κ2) is 4.51. The molecule has 0 aromatic carbocycles. The van der Waals surface area contributed by atoms with Crippen LogP contribution in [0.25, 0.3) is 0 Å². The number of nitrogens with one attached hydrogen (secondary N) is 1. The van der Waals surface area contributed by atoms with Gasteiger partial charge < -0.3 is 10.4 Å². The molecule has 1 unspecified atom stereocenters. The number of aryl methyl sites for hydroxylation is 1. The van der Waals surface area contributed by atoms with Gasteiger partial charge in [-0.3, -0.25) is 4.79 Å². The minimum atomic E-state index is -0.816. The third kappa shape index (κ3) is 2.51. The van der Waals surface area contributed by atoms with E-state index in [1.165, 1.54) is 10.4 Å². The van der Waals surface area contributed by atoms with Gasteiger partial charge in [-0.1, -0.05) is 11.6 Å². The van der Waals surface area contributed by atoms with Gasteiger partial charge in [-0.15, -0.1) is 11.3 Å². The van der Waals surface area contributed by atoms with Gasteiger partial charge in [0.05, 0.1) is 10.9 Å². The van der Waals surface area contributed by atoms with Crippen LogP contribution in [0.5, 0.6) is 0 Å². The fourth-order valence-corrected chi connectivity index (χ4v) is 3.33. The zero-order valence-corrected chi connectivity index (χ0v) is 9.70. The second-order valence-electron chi connectivity index (χ2n) is 3.65. The highest BCUT2D eigenvalue weighted by Gasteiger charge is 2.22. The van der Waals surface area contributed by atoms with Crippen LogP contribution in [0.1, 0.15) is 29.3 Å². The molecule has 3 nitrogen and oxygen atoms in total. The largest absolute Gasteiger partial charge is 0.480 e. The monoisotopic (exact) mass is 245 g/mol. The molecule has 0 fully saturated rings. The van der Waals surface area contributed by atoms with Crippen LogP contribution in [0.4, 0.5) is 0 Å². The molecular formula is C10H12ClNO2S. The predicted molar refractivity (Wildman–Crippen MR) is 60.6 cm³/mol. The van der Waals surface area contributed by atoms with Gasteiger partial charge in [0.15, 0.2) is 0 Å². The number of carboxylic acids is 1. The molecule has 82 valence electrons. The molecule has 0 saturated heterocycles. The summed E-state index contributed by atoms with van der Waals surface area (Å²) in [6, 6.07) is 2.12. The van der Waals surface area contributed by atoms with Gasteiger partial charge in [-0.2, -0.15) is 0 Å². The van der Waals surface area contributed by atoms with E-state index in [-0.39, 0.29) is 12.6 Å². The maximum Gasteiger partial charge on any atom is 0.317 e. The Labute approximate surface area is 97.1 Å². The Bertz CT molecular complexity index is 377. The summed E-state index contributed by atoms with van der Waals surface area (Å²) < 4.78 is 0.795. The van der Waals surface area contributed by atoms with E-state index >= 15 is 0 Å². The van der Waals surface area contributed by atoms with Gasteiger partial charge in [0.1, 0.15) is 0 Å². The van der Waals surface area contributed by atoms with Crippen LogP contribution < -0.4 is 5.32 Å². The summed E-state index contributed by atoms with van der Waals surface area (Å²) in [6.07, 6.45) is 3.16. The number of hydrogen-bond acceptors (Lipinski definition) is 3. The molecule has 1 aromatic heterocycles. The maximum absolute atomic E-state index is 10.5. The minimum Gasteiger partial charge on any atom is -0.480 e. The first-order chi connectivity index (χ1) is 7.16. The van der Waals surface area contributed by atoms with E-state index in [0.717, 1.165) is 23.6 Å². The smallest absolute Gasteiger partial charge is 0.317 e. The first-order valence-electron chi connectivity index (χ1n) is 4.90. The zero-order chi connectivity index (χ0) is 10.8. The quantitative estimate of drug-likeness (QED) is 0.860. The Morgan fingerprint density at radius 1 is 1.73 bits per heavy atom. The summed E-state index contributed by atoms with van der Waals surface area (Å²) in [4.78, 5) is 11.8. The number of aliphatic carboxylic acids is 1. The standard InChI is InChI=1S/C10H12ClNO2S/c11-9-4-6-7(12-5-10(13)14)2-1-3-8(6)15-9/h4,7,12H,1-3,5H2,(H,13,14). The Kier molecular flexibility index (Phi) is 3.29. The zero-order valence-electron chi connectivity index (χ0n) is 8.12. The first kappa shape index (κ1) is 10.9. The van der Waals surface area contributed by atoms with Crippen molar-refractivity contribution in [3.8, 4) is 0 Å². The Morgan fingerprint density at radius 3 is 3.27 bits per heavy atom. The molecule has 0 amide bonds. The third-order valence-electron chi connectivity index (χ3n) is 2.58. The third-order valence-corrected chi connectivity index (χ3v) is 3.92.